The maximum atomic E-state index is 13.2. The molecule has 1 aliphatic heterocycles. The van der Waals surface area contributed by atoms with E-state index < -0.39 is 4.92 Å². The van der Waals surface area contributed by atoms with Crippen molar-refractivity contribution in [1.29, 1.82) is 0 Å². The summed E-state index contributed by atoms with van der Waals surface area (Å²) in [6.07, 6.45) is 1.70. The molecule has 7 nitrogen and oxygen atoms in total. The van der Waals surface area contributed by atoms with Crippen LogP contribution in [-0.2, 0) is 11.4 Å². The van der Waals surface area contributed by atoms with Gasteiger partial charge in [-0.1, -0.05) is 59.8 Å². The molecule has 0 radical (unpaired) electrons. The minimum Gasteiger partial charge on any atom is -0.490 e. The number of hydrogen-bond donors (Lipinski definition) is 0. The van der Waals surface area contributed by atoms with E-state index in [-0.39, 0.29) is 22.5 Å². The van der Waals surface area contributed by atoms with Crippen molar-refractivity contribution in [3.63, 3.8) is 0 Å². The van der Waals surface area contributed by atoms with Gasteiger partial charge < -0.3 is 9.47 Å². The molecule has 184 valence electrons. The van der Waals surface area contributed by atoms with Crippen molar-refractivity contribution in [2.75, 3.05) is 11.5 Å². The molecule has 1 saturated heterocycles. The van der Waals surface area contributed by atoms with Crippen molar-refractivity contribution >= 4 is 79.2 Å². The first-order valence-corrected chi connectivity index (χ1v) is 13.0. The number of carbonyl (C=O) groups excluding carboxylic acids is 1. The number of nitro benzene ring substituents is 1. The van der Waals surface area contributed by atoms with E-state index in [2.05, 4.69) is 15.9 Å². The number of non-ortho nitro benzene ring substituents is 1. The Balaban J connectivity index is 1.61. The summed E-state index contributed by atoms with van der Waals surface area (Å²) in [6, 6.07) is 16.8. The van der Waals surface area contributed by atoms with Crippen LogP contribution in [0.2, 0.25) is 5.02 Å². The number of amides is 1. The van der Waals surface area contributed by atoms with Crippen LogP contribution in [0.5, 0.6) is 11.5 Å². The topological polar surface area (TPSA) is 81.9 Å². The van der Waals surface area contributed by atoms with Crippen LogP contribution in [-0.4, -0.2) is 21.8 Å². The lowest BCUT2D eigenvalue weighted by molar-refractivity contribution is -0.384. The van der Waals surface area contributed by atoms with Gasteiger partial charge in [0.05, 0.1) is 26.6 Å². The fraction of sp³-hybridized carbons (Fsp3) is 0.120. The van der Waals surface area contributed by atoms with Crippen LogP contribution in [0, 0.1) is 10.1 Å². The second-order valence-electron chi connectivity index (χ2n) is 7.44. The average molecular weight is 606 g/mol. The lowest BCUT2D eigenvalue weighted by Gasteiger charge is -2.15. The summed E-state index contributed by atoms with van der Waals surface area (Å²) < 4.78 is 12.8. The molecule has 0 unspecified atom stereocenters. The first kappa shape index (κ1) is 26.2. The molecule has 0 atom stereocenters. The molecule has 3 aromatic carbocycles. The van der Waals surface area contributed by atoms with Crippen LogP contribution in [0.4, 0.5) is 11.4 Å². The molecule has 1 aliphatic rings. The number of carbonyl (C=O) groups is 1. The summed E-state index contributed by atoms with van der Waals surface area (Å²) in [5.41, 5.74) is 1.75. The molecule has 36 heavy (non-hydrogen) atoms. The number of hydrogen-bond acceptors (Lipinski definition) is 7. The number of thioether (sulfide) groups is 1. The van der Waals surface area contributed by atoms with E-state index in [0.717, 1.165) is 17.3 Å². The van der Waals surface area contributed by atoms with E-state index in [1.807, 2.05) is 31.2 Å². The Kier molecular flexibility index (Phi) is 8.30. The van der Waals surface area contributed by atoms with Crippen molar-refractivity contribution < 1.29 is 19.2 Å². The number of anilines is 1. The number of rotatable bonds is 8. The first-order valence-electron chi connectivity index (χ1n) is 10.6. The molecular formula is C25H18BrClN2O5S2. The Hall–Kier alpha value is -2.92. The minimum atomic E-state index is -0.515. The van der Waals surface area contributed by atoms with Crippen molar-refractivity contribution in [3.05, 3.63) is 96.3 Å². The van der Waals surface area contributed by atoms with Crippen LogP contribution in [0.15, 0.2) is 70.0 Å². The van der Waals surface area contributed by atoms with Gasteiger partial charge in [-0.25, -0.2) is 0 Å². The predicted molar refractivity (Wildman–Crippen MR) is 150 cm³/mol. The normalized spacial score (nSPS) is 14.4. The lowest BCUT2D eigenvalue weighted by atomic mass is 10.1. The monoisotopic (exact) mass is 604 g/mol. The summed E-state index contributed by atoms with van der Waals surface area (Å²) in [6.45, 7) is 2.52. The number of nitrogens with zero attached hydrogens (tertiary/aromatic N) is 2. The quantitative estimate of drug-likeness (QED) is 0.115. The van der Waals surface area contributed by atoms with Crippen LogP contribution in [0.3, 0.4) is 0 Å². The number of halogens is 2. The Morgan fingerprint density at radius 3 is 2.67 bits per heavy atom. The Labute approximate surface area is 230 Å². The van der Waals surface area contributed by atoms with Gasteiger partial charge in [-0.2, -0.15) is 0 Å². The van der Waals surface area contributed by atoms with Crippen LogP contribution in [0.1, 0.15) is 18.1 Å². The first-order chi connectivity index (χ1) is 17.3. The summed E-state index contributed by atoms with van der Waals surface area (Å²) in [5, 5.41) is 11.8. The highest BCUT2D eigenvalue weighted by Gasteiger charge is 2.34. The molecule has 0 N–H and O–H groups in total. The third-order valence-electron chi connectivity index (χ3n) is 5.05. The van der Waals surface area contributed by atoms with Crippen molar-refractivity contribution in [3.8, 4) is 11.5 Å². The molecule has 3 aromatic rings. The second-order valence-corrected chi connectivity index (χ2v) is 10.4. The molecular weight excluding hydrogens is 588 g/mol. The third kappa shape index (κ3) is 5.73. The highest BCUT2D eigenvalue weighted by molar-refractivity contribution is 9.10. The van der Waals surface area contributed by atoms with Gasteiger partial charge in [-0.15, -0.1) is 0 Å². The van der Waals surface area contributed by atoms with Crippen LogP contribution < -0.4 is 14.4 Å². The van der Waals surface area contributed by atoms with Crippen LogP contribution in [0.25, 0.3) is 6.08 Å². The van der Waals surface area contributed by atoms with Gasteiger partial charge in [0.25, 0.3) is 11.6 Å². The highest BCUT2D eigenvalue weighted by atomic mass is 79.9. The molecule has 0 aliphatic carbocycles. The van der Waals surface area contributed by atoms with Gasteiger partial charge in [0.2, 0.25) is 0 Å². The fourth-order valence-corrected chi connectivity index (χ4v) is 5.49. The number of benzene rings is 3. The fourth-order valence-electron chi connectivity index (χ4n) is 3.43. The zero-order chi connectivity index (χ0) is 25.8. The van der Waals surface area contributed by atoms with Crippen LogP contribution >= 0.6 is 51.5 Å². The SMILES string of the molecule is CCOc1cc(/C=C2\SC(=S)N(c3cccc([N+](=O)[O-])c3)C2=O)cc(Br)c1OCc1ccccc1Cl. The smallest absolute Gasteiger partial charge is 0.271 e. The minimum absolute atomic E-state index is 0.122. The van der Waals surface area contributed by atoms with Gasteiger partial charge >= 0.3 is 0 Å². The van der Waals surface area contributed by atoms with Gasteiger partial charge in [-0.05, 0) is 58.8 Å². The standard InChI is InChI=1S/C25H18BrClN2O5S2/c1-2-33-21-11-15(10-19(26)23(21)34-14-16-6-3-4-9-20(16)27)12-22-24(30)28(25(35)36-22)17-7-5-8-18(13-17)29(31)32/h3-13H,2,14H2,1H3/b22-12-. The molecule has 0 aromatic heterocycles. The van der Waals surface area contributed by atoms with Gasteiger partial charge in [0.15, 0.2) is 15.8 Å². The Morgan fingerprint density at radius 2 is 1.94 bits per heavy atom. The molecule has 1 fully saturated rings. The van der Waals surface area contributed by atoms with Gasteiger partial charge in [-0.3, -0.25) is 19.8 Å². The molecule has 0 bridgehead atoms. The average Bonchev–Trinajstić information content (AvgIpc) is 3.12. The van der Waals surface area contributed by atoms with Gasteiger partial charge in [0, 0.05) is 22.7 Å². The van der Waals surface area contributed by atoms with E-state index in [0.29, 0.717) is 43.8 Å². The second kappa shape index (κ2) is 11.4. The van der Waals surface area contributed by atoms with E-state index in [1.165, 1.54) is 23.1 Å². The maximum absolute atomic E-state index is 13.2. The Morgan fingerprint density at radius 1 is 1.17 bits per heavy atom. The summed E-state index contributed by atoms with van der Waals surface area (Å²) in [5.74, 6) is 0.649. The zero-order valence-corrected chi connectivity index (χ0v) is 22.7. The van der Waals surface area contributed by atoms with Crippen molar-refractivity contribution in [1.82, 2.24) is 0 Å². The molecule has 1 amide bonds. The lowest BCUT2D eigenvalue weighted by Crippen LogP contribution is -2.27. The van der Waals surface area contributed by atoms with Crippen molar-refractivity contribution in [2.45, 2.75) is 13.5 Å². The molecule has 4 rings (SSSR count). The molecule has 0 spiro atoms. The Bertz CT molecular complexity index is 1400. The van der Waals surface area contributed by atoms with E-state index >= 15 is 0 Å². The largest absolute Gasteiger partial charge is 0.490 e. The highest BCUT2D eigenvalue weighted by Crippen LogP contribution is 2.41. The maximum Gasteiger partial charge on any atom is 0.271 e. The number of nitro groups is 1. The van der Waals surface area contributed by atoms with Crippen molar-refractivity contribution in [2.24, 2.45) is 0 Å². The predicted octanol–water partition coefficient (Wildman–Crippen LogP) is 7.39. The van der Waals surface area contributed by atoms with Gasteiger partial charge in [0.1, 0.15) is 6.61 Å². The molecule has 0 saturated carbocycles. The number of thiocarbonyl (C=S) groups is 1. The molecule has 1 heterocycles. The number of ether oxygens (including phenoxy) is 2. The summed E-state index contributed by atoms with van der Waals surface area (Å²) in [7, 11) is 0. The zero-order valence-electron chi connectivity index (χ0n) is 18.8. The van der Waals surface area contributed by atoms with E-state index in [1.54, 1.807) is 24.3 Å². The van der Waals surface area contributed by atoms with E-state index in [4.69, 9.17) is 33.3 Å². The molecule has 11 heteroatoms. The van der Waals surface area contributed by atoms with E-state index in [9.17, 15) is 14.9 Å². The third-order valence-corrected chi connectivity index (χ3v) is 7.31. The summed E-state index contributed by atoms with van der Waals surface area (Å²) in [4.78, 5) is 25.5. The summed E-state index contributed by atoms with van der Waals surface area (Å²) >= 11 is 16.3.